The Morgan fingerprint density at radius 3 is 2.72 bits per heavy atom. The summed E-state index contributed by atoms with van der Waals surface area (Å²) in [5.41, 5.74) is 1.45. The molecule has 1 aromatic rings. The van der Waals surface area contributed by atoms with Gasteiger partial charge in [-0.05, 0) is 44.4 Å². The SMILES string of the molecule is CC(C)OC1CCC2C(=O)C(c3ccc4c(c3)OCCO4)=COC2C1. The van der Waals surface area contributed by atoms with Crippen molar-refractivity contribution in [1.82, 2.24) is 0 Å². The summed E-state index contributed by atoms with van der Waals surface area (Å²) < 4.78 is 23.0. The summed E-state index contributed by atoms with van der Waals surface area (Å²) in [7, 11) is 0. The fraction of sp³-hybridized carbons (Fsp3) is 0.550. The molecule has 1 saturated carbocycles. The molecule has 5 heteroatoms. The maximum Gasteiger partial charge on any atom is 0.173 e. The topological polar surface area (TPSA) is 54.0 Å². The number of carbonyl (C=O) groups excluding carboxylic acids is 1. The minimum atomic E-state index is -0.0831. The van der Waals surface area contributed by atoms with E-state index in [9.17, 15) is 4.79 Å². The van der Waals surface area contributed by atoms with Crippen molar-refractivity contribution in [2.45, 2.75) is 51.4 Å². The van der Waals surface area contributed by atoms with Gasteiger partial charge in [0.05, 0.1) is 30.0 Å². The molecule has 0 spiro atoms. The van der Waals surface area contributed by atoms with Crippen LogP contribution in [0, 0.1) is 5.92 Å². The highest BCUT2D eigenvalue weighted by atomic mass is 16.6. The molecule has 0 aromatic heterocycles. The molecule has 0 radical (unpaired) electrons. The zero-order valence-corrected chi connectivity index (χ0v) is 14.7. The molecule has 0 amide bonds. The van der Waals surface area contributed by atoms with E-state index in [2.05, 4.69) is 0 Å². The van der Waals surface area contributed by atoms with Crippen molar-refractivity contribution < 1.29 is 23.7 Å². The zero-order valence-electron chi connectivity index (χ0n) is 14.7. The minimum Gasteiger partial charge on any atom is -0.496 e. The van der Waals surface area contributed by atoms with E-state index in [1.165, 1.54) is 0 Å². The van der Waals surface area contributed by atoms with Gasteiger partial charge < -0.3 is 18.9 Å². The van der Waals surface area contributed by atoms with Crippen molar-refractivity contribution in [2.75, 3.05) is 13.2 Å². The monoisotopic (exact) mass is 344 g/mol. The Hall–Kier alpha value is -2.01. The van der Waals surface area contributed by atoms with Gasteiger partial charge in [0.2, 0.25) is 0 Å². The molecule has 0 saturated heterocycles. The smallest absolute Gasteiger partial charge is 0.173 e. The number of hydrogen-bond donors (Lipinski definition) is 0. The van der Waals surface area contributed by atoms with E-state index in [1.807, 2.05) is 32.0 Å². The Labute approximate surface area is 147 Å². The van der Waals surface area contributed by atoms with E-state index in [4.69, 9.17) is 18.9 Å². The number of Topliss-reactive ketones (excluding diaryl/α,β-unsaturated/α-hetero) is 1. The number of fused-ring (bicyclic) bond motifs is 2. The highest BCUT2D eigenvalue weighted by Crippen LogP contribution is 2.39. The van der Waals surface area contributed by atoms with Gasteiger partial charge in [-0.15, -0.1) is 0 Å². The largest absolute Gasteiger partial charge is 0.496 e. The van der Waals surface area contributed by atoms with Crippen LogP contribution in [0.2, 0.25) is 0 Å². The van der Waals surface area contributed by atoms with Gasteiger partial charge in [0.15, 0.2) is 17.3 Å². The molecule has 1 fully saturated rings. The first-order valence-corrected chi connectivity index (χ1v) is 9.07. The molecule has 3 unspecified atom stereocenters. The Kier molecular flexibility index (Phi) is 4.42. The minimum absolute atomic E-state index is 0.0778. The number of ether oxygens (including phenoxy) is 4. The molecule has 0 N–H and O–H groups in total. The fourth-order valence-electron chi connectivity index (χ4n) is 3.89. The summed E-state index contributed by atoms with van der Waals surface area (Å²) in [6.07, 6.45) is 4.41. The van der Waals surface area contributed by atoms with E-state index < -0.39 is 0 Å². The molecule has 134 valence electrons. The summed E-state index contributed by atoms with van der Waals surface area (Å²) in [5.74, 6) is 1.49. The van der Waals surface area contributed by atoms with Crippen molar-refractivity contribution >= 4 is 11.4 Å². The van der Waals surface area contributed by atoms with Gasteiger partial charge >= 0.3 is 0 Å². The van der Waals surface area contributed by atoms with Crippen molar-refractivity contribution in [1.29, 1.82) is 0 Å². The number of hydrogen-bond acceptors (Lipinski definition) is 5. The molecule has 4 rings (SSSR count). The highest BCUT2D eigenvalue weighted by molar-refractivity contribution is 6.22. The Morgan fingerprint density at radius 2 is 1.92 bits per heavy atom. The third kappa shape index (κ3) is 3.25. The molecule has 2 aliphatic heterocycles. The molecule has 2 heterocycles. The van der Waals surface area contributed by atoms with Gasteiger partial charge in [0, 0.05) is 6.42 Å². The lowest BCUT2D eigenvalue weighted by atomic mass is 9.78. The van der Waals surface area contributed by atoms with E-state index in [0.717, 1.165) is 30.6 Å². The van der Waals surface area contributed by atoms with Crippen LogP contribution in [0.25, 0.3) is 5.57 Å². The number of rotatable bonds is 3. The molecule has 25 heavy (non-hydrogen) atoms. The molecule has 3 atom stereocenters. The normalized spacial score (nSPS) is 28.2. The summed E-state index contributed by atoms with van der Waals surface area (Å²) in [5, 5.41) is 0. The van der Waals surface area contributed by atoms with Crippen LogP contribution in [0.5, 0.6) is 11.5 Å². The van der Waals surface area contributed by atoms with Crippen LogP contribution >= 0.6 is 0 Å². The highest BCUT2D eigenvalue weighted by Gasteiger charge is 2.41. The molecular formula is C20H24O5. The number of allylic oxidation sites excluding steroid dienone is 1. The van der Waals surface area contributed by atoms with Crippen LogP contribution in [0.4, 0.5) is 0 Å². The Balaban J connectivity index is 1.53. The van der Waals surface area contributed by atoms with Crippen LogP contribution < -0.4 is 9.47 Å². The first kappa shape index (κ1) is 16.5. The molecule has 5 nitrogen and oxygen atoms in total. The average Bonchev–Trinajstić information content (AvgIpc) is 2.61. The second-order valence-electron chi connectivity index (χ2n) is 7.16. The lowest BCUT2D eigenvalue weighted by Gasteiger charge is -2.38. The van der Waals surface area contributed by atoms with Gasteiger partial charge in [-0.25, -0.2) is 0 Å². The van der Waals surface area contributed by atoms with Crippen LogP contribution in [-0.2, 0) is 14.3 Å². The molecular weight excluding hydrogens is 320 g/mol. The van der Waals surface area contributed by atoms with E-state index in [0.29, 0.717) is 24.5 Å². The molecule has 1 aliphatic carbocycles. The summed E-state index contributed by atoms with van der Waals surface area (Å²) in [4.78, 5) is 13.0. The van der Waals surface area contributed by atoms with Gasteiger partial charge in [-0.2, -0.15) is 0 Å². The van der Waals surface area contributed by atoms with E-state index in [-0.39, 0.29) is 30.0 Å². The summed E-state index contributed by atoms with van der Waals surface area (Å²) in [6.45, 7) is 5.17. The van der Waals surface area contributed by atoms with Crippen molar-refractivity contribution in [3.8, 4) is 11.5 Å². The molecule has 0 bridgehead atoms. The third-order valence-corrected chi connectivity index (χ3v) is 5.02. The maximum absolute atomic E-state index is 13.0. The van der Waals surface area contributed by atoms with E-state index in [1.54, 1.807) is 6.26 Å². The van der Waals surface area contributed by atoms with Gasteiger partial charge in [-0.1, -0.05) is 6.07 Å². The fourth-order valence-corrected chi connectivity index (χ4v) is 3.89. The second-order valence-corrected chi connectivity index (χ2v) is 7.16. The molecule has 3 aliphatic rings. The predicted molar refractivity (Wildman–Crippen MR) is 92.6 cm³/mol. The van der Waals surface area contributed by atoms with Gasteiger partial charge in [-0.3, -0.25) is 4.79 Å². The number of benzene rings is 1. The summed E-state index contributed by atoms with van der Waals surface area (Å²) >= 11 is 0. The zero-order chi connectivity index (χ0) is 17.4. The maximum atomic E-state index is 13.0. The Bertz CT molecular complexity index is 693. The molecule has 1 aromatic carbocycles. The van der Waals surface area contributed by atoms with Crippen LogP contribution in [0.3, 0.4) is 0 Å². The second kappa shape index (κ2) is 6.71. The quantitative estimate of drug-likeness (QED) is 0.841. The third-order valence-electron chi connectivity index (χ3n) is 5.02. The predicted octanol–water partition coefficient (Wildman–Crippen LogP) is 3.36. The first-order valence-electron chi connectivity index (χ1n) is 9.07. The van der Waals surface area contributed by atoms with Crippen molar-refractivity contribution in [3.63, 3.8) is 0 Å². The van der Waals surface area contributed by atoms with Crippen LogP contribution in [-0.4, -0.2) is 37.3 Å². The lowest BCUT2D eigenvalue weighted by Crippen LogP contribution is -2.42. The van der Waals surface area contributed by atoms with Crippen LogP contribution in [0.15, 0.2) is 24.5 Å². The average molecular weight is 344 g/mol. The van der Waals surface area contributed by atoms with Crippen LogP contribution in [0.1, 0.15) is 38.7 Å². The number of carbonyl (C=O) groups is 1. The van der Waals surface area contributed by atoms with E-state index >= 15 is 0 Å². The number of ketones is 1. The van der Waals surface area contributed by atoms with Gasteiger partial charge in [0.25, 0.3) is 0 Å². The first-order chi connectivity index (χ1) is 12.1. The van der Waals surface area contributed by atoms with Crippen molar-refractivity contribution in [2.24, 2.45) is 5.92 Å². The summed E-state index contributed by atoms with van der Waals surface area (Å²) in [6, 6.07) is 5.63. The Morgan fingerprint density at radius 1 is 1.12 bits per heavy atom. The van der Waals surface area contributed by atoms with Gasteiger partial charge in [0.1, 0.15) is 19.3 Å². The standard InChI is InChI=1S/C20H24O5/c1-12(2)25-14-4-5-15-18(10-14)24-11-16(20(15)21)13-3-6-17-19(9-13)23-8-7-22-17/h3,6,9,11-12,14-15,18H,4-5,7-8,10H2,1-2H3. The van der Waals surface area contributed by atoms with Crippen molar-refractivity contribution in [3.05, 3.63) is 30.0 Å². The lowest BCUT2D eigenvalue weighted by molar-refractivity contribution is -0.129.